The number of nitriles is 1. The van der Waals surface area contributed by atoms with E-state index in [0.717, 1.165) is 67.7 Å². The molecule has 2 aliphatic heterocycles. The first kappa shape index (κ1) is 17.7. The second kappa shape index (κ2) is 7.53. The standard InChI is InChI=1S/C21H25N5O/c1-15-5-9-26(10-6-15)21-23-19-14-25(8-7-18(19)20(27)24-21)13-17-4-2-3-16(11-17)12-22/h2-4,11,15H,5-10,13-14H2,1H3,(H,23,24,27). The number of aromatic amines is 1. The minimum atomic E-state index is 0.0137. The summed E-state index contributed by atoms with van der Waals surface area (Å²) in [5.41, 5.74) is 3.54. The van der Waals surface area contributed by atoms with Crippen molar-refractivity contribution in [2.45, 2.75) is 39.3 Å². The molecule has 1 aromatic heterocycles. The SMILES string of the molecule is CC1CCN(c2nc3c(c(=O)[nH]2)CCN(Cc2cccc(C#N)c2)C3)CC1. The average molecular weight is 363 g/mol. The molecule has 1 aromatic carbocycles. The molecule has 0 saturated carbocycles. The molecule has 0 unspecified atom stereocenters. The van der Waals surface area contributed by atoms with Gasteiger partial charge in [-0.25, -0.2) is 4.98 Å². The van der Waals surface area contributed by atoms with Crippen molar-refractivity contribution in [2.24, 2.45) is 5.92 Å². The Morgan fingerprint density at radius 2 is 2.11 bits per heavy atom. The summed E-state index contributed by atoms with van der Waals surface area (Å²) >= 11 is 0. The second-order valence-corrected chi connectivity index (χ2v) is 7.76. The van der Waals surface area contributed by atoms with Crippen LogP contribution in [0.5, 0.6) is 0 Å². The van der Waals surface area contributed by atoms with E-state index in [0.29, 0.717) is 18.5 Å². The van der Waals surface area contributed by atoms with Gasteiger partial charge in [0.15, 0.2) is 0 Å². The monoisotopic (exact) mass is 363 g/mol. The number of H-pyrrole nitrogens is 1. The lowest BCUT2D eigenvalue weighted by atomic mass is 9.99. The highest BCUT2D eigenvalue weighted by Crippen LogP contribution is 2.22. The number of piperidine rings is 1. The van der Waals surface area contributed by atoms with Crippen molar-refractivity contribution >= 4 is 5.95 Å². The van der Waals surface area contributed by atoms with Crippen molar-refractivity contribution in [3.8, 4) is 6.07 Å². The molecule has 0 spiro atoms. The molecule has 1 saturated heterocycles. The Hall–Kier alpha value is -2.65. The van der Waals surface area contributed by atoms with Gasteiger partial charge in [-0.1, -0.05) is 19.1 Å². The van der Waals surface area contributed by atoms with Crippen LogP contribution in [0, 0.1) is 17.2 Å². The second-order valence-electron chi connectivity index (χ2n) is 7.76. The van der Waals surface area contributed by atoms with Gasteiger partial charge >= 0.3 is 0 Å². The number of hydrogen-bond donors (Lipinski definition) is 1. The van der Waals surface area contributed by atoms with Crippen LogP contribution in [0.25, 0.3) is 0 Å². The molecule has 6 heteroatoms. The summed E-state index contributed by atoms with van der Waals surface area (Å²) in [4.78, 5) is 24.9. The zero-order valence-corrected chi connectivity index (χ0v) is 15.7. The number of nitrogens with one attached hydrogen (secondary N) is 1. The third kappa shape index (κ3) is 3.88. The summed E-state index contributed by atoms with van der Waals surface area (Å²) in [6.07, 6.45) is 3.00. The van der Waals surface area contributed by atoms with Crippen LogP contribution in [0.3, 0.4) is 0 Å². The lowest BCUT2D eigenvalue weighted by Crippen LogP contribution is -2.39. The molecule has 0 atom stereocenters. The summed E-state index contributed by atoms with van der Waals surface area (Å²) in [6.45, 7) is 6.45. The topological polar surface area (TPSA) is 76.0 Å². The Labute approximate surface area is 159 Å². The molecule has 0 radical (unpaired) electrons. The maximum atomic E-state index is 12.6. The highest BCUT2D eigenvalue weighted by Gasteiger charge is 2.24. The van der Waals surface area contributed by atoms with E-state index in [1.807, 2.05) is 24.3 Å². The van der Waals surface area contributed by atoms with Crippen molar-refractivity contribution in [3.63, 3.8) is 0 Å². The molecular weight excluding hydrogens is 338 g/mol. The van der Waals surface area contributed by atoms with Crippen LogP contribution < -0.4 is 10.5 Å². The molecule has 27 heavy (non-hydrogen) atoms. The Morgan fingerprint density at radius 3 is 2.89 bits per heavy atom. The first-order chi connectivity index (χ1) is 13.1. The molecule has 6 nitrogen and oxygen atoms in total. The van der Waals surface area contributed by atoms with Crippen LogP contribution >= 0.6 is 0 Å². The Morgan fingerprint density at radius 1 is 1.30 bits per heavy atom. The number of nitrogens with zero attached hydrogens (tertiary/aromatic N) is 4. The lowest BCUT2D eigenvalue weighted by molar-refractivity contribution is 0.240. The van der Waals surface area contributed by atoms with Gasteiger partial charge in [0.1, 0.15) is 0 Å². The van der Waals surface area contributed by atoms with Crippen molar-refractivity contribution < 1.29 is 0 Å². The van der Waals surface area contributed by atoms with Crippen molar-refractivity contribution in [3.05, 3.63) is 57.0 Å². The van der Waals surface area contributed by atoms with E-state index < -0.39 is 0 Å². The number of benzene rings is 1. The highest BCUT2D eigenvalue weighted by molar-refractivity contribution is 5.35. The fourth-order valence-electron chi connectivity index (χ4n) is 3.98. The molecule has 3 heterocycles. The zero-order valence-electron chi connectivity index (χ0n) is 15.7. The minimum Gasteiger partial charge on any atom is -0.342 e. The maximum absolute atomic E-state index is 12.6. The summed E-state index contributed by atoms with van der Waals surface area (Å²) in [5, 5.41) is 9.08. The fraction of sp³-hybridized carbons (Fsp3) is 0.476. The predicted molar refractivity (Wildman–Crippen MR) is 104 cm³/mol. The van der Waals surface area contributed by atoms with Crippen LogP contribution in [-0.2, 0) is 19.5 Å². The van der Waals surface area contributed by atoms with E-state index in [1.54, 1.807) is 0 Å². The number of rotatable bonds is 3. The van der Waals surface area contributed by atoms with Crippen LogP contribution in [0.1, 0.15) is 42.1 Å². The summed E-state index contributed by atoms with van der Waals surface area (Å²) in [5.74, 6) is 1.46. The fourth-order valence-corrected chi connectivity index (χ4v) is 3.98. The third-order valence-corrected chi connectivity index (χ3v) is 5.69. The van der Waals surface area contributed by atoms with Gasteiger partial charge in [0.25, 0.3) is 5.56 Å². The minimum absolute atomic E-state index is 0.0137. The van der Waals surface area contributed by atoms with Gasteiger partial charge in [-0.05, 0) is 42.9 Å². The molecule has 0 aliphatic carbocycles. The number of aromatic nitrogens is 2. The van der Waals surface area contributed by atoms with Crippen LogP contribution in [-0.4, -0.2) is 34.5 Å². The molecular formula is C21H25N5O. The quantitative estimate of drug-likeness (QED) is 0.906. The molecule has 1 fully saturated rings. The van der Waals surface area contributed by atoms with Crippen LogP contribution in [0.2, 0.25) is 0 Å². The van der Waals surface area contributed by atoms with E-state index in [9.17, 15) is 4.79 Å². The Kier molecular flexibility index (Phi) is 4.95. The smallest absolute Gasteiger partial charge is 0.255 e. The van der Waals surface area contributed by atoms with E-state index in [-0.39, 0.29) is 5.56 Å². The Balaban J connectivity index is 1.52. The van der Waals surface area contributed by atoms with Gasteiger partial charge in [0.05, 0.1) is 17.3 Å². The van der Waals surface area contributed by atoms with Gasteiger partial charge < -0.3 is 4.90 Å². The molecule has 0 amide bonds. The lowest BCUT2D eigenvalue weighted by Gasteiger charge is -2.32. The molecule has 2 aliphatic rings. The largest absolute Gasteiger partial charge is 0.342 e. The van der Waals surface area contributed by atoms with Gasteiger partial charge in [0.2, 0.25) is 5.95 Å². The molecule has 140 valence electrons. The third-order valence-electron chi connectivity index (χ3n) is 5.69. The summed E-state index contributed by atoms with van der Waals surface area (Å²) < 4.78 is 0. The van der Waals surface area contributed by atoms with Crippen LogP contribution in [0.15, 0.2) is 29.1 Å². The normalized spacial score (nSPS) is 18.1. The van der Waals surface area contributed by atoms with E-state index >= 15 is 0 Å². The number of hydrogen-bond acceptors (Lipinski definition) is 5. The van der Waals surface area contributed by atoms with Gasteiger partial charge in [-0.2, -0.15) is 5.26 Å². The van der Waals surface area contributed by atoms with Gasteiger partial charge in [-0.15, -0.1) is 0 Å². The first-order valence-corrected chi connectivity index (χ1v) is 9.71. The zero-order chi connectivity index (χ0) is 18.8. The van der Waals surface area contributed by atoms with Gasteiger partial charge in [0, 0.05) is 38.3 Å². The average Bonchev–Trinajstić information content (AvgIpc) is 2.68. The summed E-state index contributed by atoms with van der Waals surface area (Å²) in [6, 6.07) is 9.91. The predicted octanol–water partition coefficient (Wildman–Crippen LogP) is 2.44. The van der Waals surface area contributed by atoms with Crippen LogP contribution in [0.4, 0.5) is 5.95 Å². The molecule has 2 aromatic rings. The maximum Gasteiger partial charge on any atom is 0.255 e. The van der Waals surface area contributed by atoms with Crippen molar-refractivity contribution in [2.75, 3.05) is 24.5 Å². The van der Waals surface area contributed by atoms with Gasteiger partial charge in [-0.3, -0.25) is 14.7 Å². The highest BCUT2D eigenvalue weighted by atomic mass is 16.1. The number of anilines is 1. The van der Waals surface area contributed by atoms with E-state index in [1.165, 1.54) is 0 Å². The molecule has 4 rings (SSSR count). The van der Waals surface area contributed by atoms with Crippen molar-refractivity contribution in [1.29, 1.82) is 5.26 Å². The first-order valence-electron chi connectivity index (χ1n) is 9.71. The number of fused-ring (bicyclic) bond motifs is 1. The summed E-state index contributed by atoms with van der Waals surface area (Å²) in [7, 11) is 0. The van der Waals surface area contributed by atoms with E-state index in [2.05, 4.69) is 27.8 Å². The molecule has 0 bridgehead atoms. The molecule has 1 N–H and O–H groups in total. The Bertz CT molecular complexity index is 921. The van der Waals surface area contributed by atoms with Crippen molar-refractivity contribution in [1.82, 2.24) is 14.9 Å². The van der Waals surface area contributed by atoms with E-state index in [4.69, 9.17) is 10.2 Å².